The van der Waals surface area contributed by atoms with E-state index in [1.54, 1.807) is 6.92 Å². The lowest BCUT2D eigenvalue weighted by Gasteiger charge is -2.10. The van der Waals surface area contributed by atoms with Gasteiger partial charge in [-0.05, 0) is 24.1 Å². The highest BCUT2D eigenvalue weighted by atomic mass is 79.9. The van der Waals surface area contributed by atoms with Gasteiger partial charge in [0, 0.05) is 9.80 Å². The van der Waals surface area contributed by atoms with Crippen LogP contribution in [0.1, 0.15) is 27.0 Å². The molecule has 0 heterocycles. The fourth-order valence-corrected chi connectivity index (χ4v) is 2.77. The summed E-state index contributed by atoms with van der Waals surface area (Å²) in [6.45, 7) is 1.78. The largest absolute Gasteiger partial charge is 0.478 e. The minimum absolute atomic E-state index is 0.154. The maximum absolute atomic E-state index is 11.0. The highest BCUT2D eigenvalue weighted by Crippen LogP contribution is 2.29. The van der Waals surface area contributed by atoms with Crippen LogP contribution >= 0.6 is 31.9 Å². The molecule has 0 spiro atoms. The van der Waals surface area contributed by atoms with Gasteiger partial charge in [0.25, 0.3) is 0 Å². The van der Waals surface area contributed by atoms with Gasteiger partial charge in [0.05, 0.1) is 17.2 Å². The van der Waals surface area contributed by atoms with E-state index in [4.69, 9.17) is 10.4 Å². The van der Waals surface area contributed by atoms with E-state index in [-0.39, 0.29) is 5.56 Å². The topological polar surface area (TPSA) is 61.1 Å². The molecule has 1 N–H and O–H groups in total. The highest BCUT2D eigenvalue weighted by Gasteiger charge is 2.17. The van der Waals surface area contributed by atoms with Gasteiger partial charge in [-0.15, -0.1) is 0 Å². The van der Waals surface area contributed by atoms with Crippen molar-refractivity contribution in [2.45, 2.75) is 12.3 Å². The number of nitriles is 1. The van der Waals surface area contributed by atoms with E-state index in [1.165, 1.54) is 6.07 Å². The summed E-state index contributed by atoms with van der Waals surface area (Å²) < 4.78 is 0.677. The van der Waals surface area contributed by atoms with Crippen molar-refractivity contribution in [2.75, 3.05) is 0 Å². The predicted octanol–water partition coefficient (Wildman–Crippen LogP) is 3.22. The smallest absolute Gasteiger partial charge is 0.336 e. The molecular weight excluding hydrogens is 326 g/mol. The first-order valence-electron chi connectivity index (χ1n) is 4.04. The van der Waals surface area contributed by atoms with Crippen LogP contribution in [0.15, 0.2) is 10.5 Å². The summed E-state index contributed by atoms with van der Waals surface area (Å²) in [6, 6.07) is 3.38. The Balaban J connectivity index is 3.60. The monoisotopic (exact) mass is 331 g/mol. The zero-order valence-electron chi connectivity index (χ0n) is 7.84. The van der Waals surface area contributed by atoms with Gasteiger partial charge in [-0.2, -0.15) is 5.26 Å². The molecular formula is C10H7Br2NO2. The lowest BCUT2D eigenvalue weighted by atomic mass is 10.0. The number of carbonyl (C=O) groups is 1. The van der Waals surface area contributed by atoms with Gasteiger partial charge in [0.2, 0.25) is 0 Å². The Hall–Kier alpha value is -0.860. The van der Waals surface area contributed by atoms with Crippen molar-refractivity contribution >= 4 is 37.8 Å². The molecule has 0 bridgehead atoms. The summed E-state index contributed by atoms with van der Waals surface area (Å²) in [5.41, 5.74) is 1.95. The van der Waals surface area contributed by atoms with Crippen molar-refractivity contribution in [2.24, 2.45) is 0 Å². The first-order chi connectivity index (χ1) is 7.02. The Labute approximate surface area is 104 Å². The van der Waals surface area contributed by atoms with E-state index < -0.39 is 5.97 Å². The number of hydrogen-bond donors (Lipinski definition) is 1. The molecule has 5 heteroatoms. The average molecular weight is 333 g/mol. The van der Waals surface area contributed by atoms with Gasteiger partial charge in [-0.3, -0.25) is 0 Å². The molecule has 78 valence electrons. The molecule has 0 unspecified atom stereocenters. The number of carboxylic acids is 1. The average Bonchev–Trinajstić information content (AvgIpc) is 2.21. The minimum atomic E-state index is -1.03. The molecule has 0 aliphatic rings. The van der Waals surface area contributed by atoms with Gasteiger partial charge in [0.1, 0.15) is 0 Å². The number of nitrogens with zero attached hydrogens (tertiary/aromatic N) is 1. The van der Waals surface area contributed by atoms with E-state index in [9.17, 15) is 4.79 Å². The maximum Gasteiger partial charge on any atom is 0.336 e. The zero-order valence-corrected chi connectivity index (χ0v) is 11.0. The van der Waals surface area contributed by atoms with Crippen LogP contribution in [0.2, 0.25) is 0 Å². The number of alkyl halides is 1. The molecule has 0 atom stereocenters. The molecule has 0 saturated carbocycles. The maximum atomic E-state index is 11.0. The quantitative estimate of drug-likeness (QED) is 0.846. The van der Waals surface area contributed by atoms with E-state index >= 15 is 0 Å². The van der Waals surface area contributed by atoms with Gasteiger partial charge in [-0.25, -0.2) is 4.79 Å². The van der Waals surface area contributed by atoms with Gasteiger partial charge in [-0.1, -0.05) is 31.9 Å². The van der Waals surface area contributed by atoms with Crippen LogP contribution in [-0.2, 0) is 5.33 Å². The van der Waals surface area contributed by atoms with E-state index in [0.717, 1.165) is 5.56 Å². The standard InChI is InChI=1S/C10H7Br2NO2/c1-5-6(4-13)2-7(10(14)15)8(3-11)9(5)12/h2H,3H2,1H3,(H,14,15). The van der Waals surface area contributed by atoms with Crippen molar-refractivity contribution in [3.8, 4) is 6.07 Å². The van der Waals surface area contributed by atoms with E-state index in [2.05, 4.69) is 31.9 Å². The van der Waals surface area contributed by atoms with Gasteiger partial charge in [0.15, 0.2) is 0 Å². The van der Waals surface area contributed by atoms with E-state index in [0.29, 0.717) is 20.9 Å². The third-order valence-electron chi connectivity index (χ3n) is 2.10. The lowest BCUT2D eigenvalue weighted by molar-refractivity contribution is 0.0696. The number of halogens is 2. The molecule has 3 nitrogen and oxygen atoms in total. The molecule has 1 aromatic rings. The number of rotatable bonds is 2. The van der Waals surface area contributed by atoms with Crippen LogP contribution in [0.25, 0.3) is 0 Å². The number of carboxylic acid groups (broad SMARTS) is 1. The van der Waals surface area contributed by atoms with Crippen LogP contribution in [0.5, 0.6) is 0 Å². The summed E-state index contributed by atoms with van der Waals surface area (Å²) in [7, 11) is 0. The molecule has 0 aromatic heterocycles. The number of hydrogen-bond acceptors (Lipinski definition) is 2. The SMILES string of the molecule is Cc1c(C#N)cc(C(=O)O)c(CBr)c1Br. The third kappa shape index (κ3) is 2.21. The molecule has 0 amide bonds. The summed E-state index contributed by atoms with van der Waals surface area (Å²) >= 11 is 6.54. The molecule has 0 radical (unpaired) electrons. The fourth-order valence-electron chi connectivity index (χ4n) is 1.24. The van der Waals surface area contributed by atoms with Crippen LogP contribution < -0.4 is 0 Å². The summed E-state index contributed by atoms with van der Waals surface area (Å²) in [5.74, 6) is -1.03. The fraction of sp³-hybridized carbons (Fsp3) is 0.200. The Bertz CT molecular complexity index is 463. The lowest BCUT2D eigenvalue weighted by Crippen LogP contribution is -2.04. The Morgan fingerprint density at radius 3 is 2.67 bits per heavy atom. The van der Waals surface area contributed by atoms with Crippen molar-refractivity contribution in [3.63, 3.8) is 0 Å². The zero-order chi connectivity index (χ0) is 11.6. The summed E-state index contributed by atoms with van der Waals surface area (Å²) in [4.78, 5) is 11.0. The minimum Gasteiger partial charge on any atom is -0.478 e. The molecule has 0 fully saturated rings. The number of benzene rings is 1. The Morgan fingerprint density at radius 2 is 2.27 bits per heavy atom. The van der Waals surface area contributed by atoms with E-state index in [1.807, 2.05) is 6.07 Å². The third-order valence-corrected chi connectivity index (χ3v) is 3.73. The Morgan fingerprint density at radius 1 is 1.67 bits per heavy atom. The highest BCUT2D eigenvalue weighted by molar-refractivity contribution is 9.10. The second kappa shape index (κ2) is 4.77. The summed E-state index contributed by atoms with van der Waals surface area (Å²) in [6.07, 6.45) is 0. The summed E-state index contributed by atoms with van der Waals surface area (Å²) in [5, 5.41) is 18.3. The molecule has 1 rings (SSSR count). The van der Waals surface area contributed by atoms with Crippen molar-refractivity contribution < 1.29 is 9.90 Å². The predicted molar refractivity (Wildman–Crippen MR) is 63.2 cm³/mol. The second-order valence-electron chi connectivity index (χ2n) is 2.94. The first-order valence-corrected chi connectivity index (χ1v) is 5.95. The molecule has 0 saturated heterocycles. The van der Waals surface area contributed by atoms with Gasteiger partial charge >= 0.3 is 5.97 Å². The van der Waals surface area contributed by atoms with Crippen molar-refractivity contribution in [1.29, 1.82) is 5.26 Å². The second-order valence-corrected chi connectivity index (χ2v) is 4.29. The molecule has 15 heavy (non-hydrogen) atoms. The molecule has 1 aromatic carbocycles. The molecule has 0 aliphatic heterocycles. The number of aromatic carboxylic acids is 1. The van der Waals surface area contributed by atoms with Crippen LogP contribution in [0.4, 0.5) is 0 Å². The van der Waals surface area contributed by atoms with Crippen LogP contribution in [0, 0.1) is 18.3 Å². The normalized spacial score (nSPS) is 9.73. The van der Waals surface area contributed by atoms with Crippen molar-refractivity contribution in [3.05, 3.63) is 32.8 Å². The van der Waals surface area contributed by atoms with Crippen LogP contribution in [0.3, 0.4) is 0 Å². The molecule has 0 aliphatic carbocycles. The van der Waals surface area contributed by atoms with Gasteiger partial charge < -0.3 is 5.11 Å². The van der Waals surface area contributed by atoms with Crippen LogP contribution in [-0.4, -0.2) is 11.1 Å². The van der Waals surface area contributed by atoms with Crippen molar-refractivity contribution in [1.82, 2.24) is 0 Å². The Kier molecular flexibility index (Phi) is 3.89. The first kappa shape index (κ1) is 12.2.